The molecular weight excluding hydrogens is 376 g/mol. The van der Waals surface area contributed by atoms with Crippen molar-refractivity contribution < 1.29 is 9.21 Å². The molecule has 3 aromatic heterocycles. The summed E-state index contributed by atoms with van der Waals surface area (Å²) < 4.78 is 6.72. The van der Waals surface area contributed by atoms with Gasteiger partial charge in [0.1, 0.15) is 10.8 Å². The van der Waals surface area contributed by atoms with Crippen molar-refractivity contribution >= 4 is 38.8 Å². The summed E-state index contributed by atoms with van der Waals surface area (Å²) >= 11 is 3.19. The maximum Gasteiger partial charge on any atom is 0.264 e. The zero-order chi connectivity index (χ0) is 18.4. The highest BCUT2D eigenvalue weighted by Crippen LogP contribution is 2.39. The Balaban J connectivity index is 1.44. The Morgan fingerprint density at radius 1 is 1.15 bits per heavy atom. The van der Waals surface area contributed by atoms with Gasteiger partial charge in [-0.05, 0) is 56.2 Å². The molecule has 4 aromatic rings. The molecule has 1 aliphatic rings. The van der Waals surface area contributed by atoms with Crippen LogP contribution in [0.15, 0.2) is 59.2 Å². The van der Waals surface area contributed by atoms with Crippen LogP contribution >= 0.6 is 22.7 Å². The highest BCUT2D eigenvalue weighted by molar-refractivity contribution is 7.26. The number of para-hydroxylation sites is 1. The van der Waals surface area contributed by atoms with E-state index in [0.717, 1.165) is 38.9 Å². The molecule has 1 aliphatic carbocycles. The molecule has 136 valence electrons. The lowest BCUT2D eigenvalue weighted by atomic mass is 10.2. The molecule has 4 nitrogen and oxygen atoms in total. The first-order chi connectivity index (χ1) is 13.2. The van der Waals surface area contributed by atoms with E-state index in [1.165, 1.54) is 16.0 Å². The topological polar surface area (TPSA) is 46.3 Å². The summed E-state index contributed by atoms with van der Waals surface area (Å²) in [6.45, 7) is 2.04. The van der Waals surface area contributed by atoms with Crippen LogP contribution in [0.25, 0.3) is 20.1 Å². The monoisotopic (exact) mass is 394 g/mol. The molecule has 1 atom stereocenters. The minimum atomic E-state index is -0.0620. The van der Waals surface area contributed by atoms with Crippen molar-refractivity contribution in [1.29, 1.82) is 0 Å². The third-order valence-electron chi connectivity index (χ3n) is 4.87. The Kier molecular flexibility index (Phi) is 4.10. The lowest BCUT2D eigenvalue weighted by Gasteiger charge is -2.27. The van der Waals surface area contributed by atoms with E-state index >= 15 is 0 Å². The van der Waals surface area contributed by atoms with Crippen LogP contribution in [-0.2, 0) is 0 Å². The van der Waals surface area contributed by atoms with E-state index in [1.807, 2.05) is 54.3 Å². The van der Waals surface area contributed by atoms with Gasteiger partial charge < -0.3 is 9.32 Å². The first-order valence-corrected chi connectivity index (χ1v) is 10.7. The molecule has 1 fully saturated rings. The van der Waals surface area contributed by atoms with Crippen LogP contribution in [0.4, 0.5) is 0 Å². The molecular formula is C21H18N2O2S2. The Hall–Kier alpha value is -2.44. The van der Waals surface area contributed by atoms with Crippen molar-refractivity contribution in [2.75, 3.05) is 0 Å². The number of rotatable bonds is 5. The van der Waals surface area contributed by atoms with E-state index in [0.29, 0.717) is 6.04 Å². The Morgan fingerprint density at radius 3 is 2.74 bits per heavy atom. The highest BCUT2D eigenvalue weighted by Gasteiger charge is 2.38. The fourth-order valence-corrected chi connectivity index (χ4v) is 5.32. The van der Waals surface area contributed by atoms with Crippen LogP contribution in [0.2, 0.25) is 0 Å². The number of aromatic nitrogens is 1. The van der Waals surface area contributed by atoms with Gasteiger partial charge in [-0.15, -0.1) is 22.7 Å². The number of thiazole rings is 1. The van der Waals surface area contributed by atoms with E-state index in [1.54, 1.807) is 17.6 Å². The van der Waals surface area contributed by atoms with Gasteiger partial charge in [0.05, 0.1) is 32.3 Å². The van der Waals surface area contributed by atoms with Gasteiger partial charge in [0.15, 0.2) is 0 Å². The SMILES string of the molecule is CC(c1ccco1)N(C(=O)c1ccc(-c2nc3ccccc3s2)s1)C1CC1. The first kappa shape index (κ1) is 16.7. The molecule has 0 spiro atoms. The second kappa shape index (κ2) is 6.62. The molecule has 27 heavy (non-hydrogen) atoms. The second-order valence-corrected chi connectivity index (χ2v) is 8.90. The Labute approximate surface area is 165 Å². The molecule has 0 radical (unpaired) electrons. The van der Waals surface area contributed by atoms with Crippen LogP contribution in [-0.4, -0.2) is 21.8 Å². The average Bonchev–Trinajstić information content (AvgIpc) is 3.14. The summed E-state index contributed by atoms with van der Waals surface area (Å²) in [6.07, 6.45) is 3.79. The van der Waals surface area contributed by atoms with Gasteiger partial charge in [-0.3, -0.25) is 4.79 Å². The molecule has 1 unspecified atom stereocenters. The minimum Gasteiger partial charge on any atom is -0.467 e. The number of thiophene rings is 1. The van der Waals surface area contributed by atoms with E-state index in [-0.39, 0.29) is 11.9 Å². The third-order valence-corrected chi connectivity index (χ3v) is 7.15. The van der Waals surface area contributed by atoms with Gasteiger partial charge in [-0.2, -0.15) is 0 Å². The maximum absolute atomic E-state index is 13.3. The molecule has 1 aromatic carbocycles. The summed E-state index contributed by atoms with van der Waals surface area (Å²) in [7, 11) is 0. The molecule has 5 rings (SSSR count). The van der Waals surface area contributed by atoms with Crippen LogP contribution in [0, 0.1) is 0 Å². The van der Waals surface area contributed by atoms with E-state index in [2.05, 4.69) is 6.07 Å². The summed E-state index contributed by atoms with van der Waals surface area (Å²) in [4.78, 5) is 21.8. The van der Waals surface area contributed by atoms with Crippen molar-refractivity contribution in [2.45, 2.75) is 31.8 Å². The van der Waals surface area contributed by atoms with E-state index < -0.39 is 0 Å². The van der Waals surface area contributed by atoms with Crippen LogP contribution in [0.3, 0.4) is 0 Å². The number of benzene rings is 1. The van der Waals surface area contributed by atoms with Gasteiger partial charge in [0, 0.05) is 6.04 Å². The number of carbonyl (C=O) groups excluding carboxylic acids is 1. The molecule has 1 amide bonds. The Morgan fingerprint density at radius 2 is 2.00 bits per heavy atom. The minimum absolute atomic E-state index is 0.0620. The quantitative estimate of drug-likeness (QED) is 0.418. The highest BCUT2D eigenvalue weighted by atomic mass is 32.1. The molecule has 0 aliphatic heterocycles. The smallest absolute Gasteiger partial charge is 0.264 e. The van der Waals surface area contributed by atoms with Gasteiger partial charge >= 0.3 is 0 Å². The van der Waals surface area contributed by atoms with Crippen LogP contribution < -0.4 is 0 Å². The number of carbonyl (C=O) groups is 1. The van der Waals surface area contributed by atoms with Crippen molar-refractivity contribution in [3.05, 3.63) is 65.4 Å². The largest absolute Gasteiger partial charge is 0.467 e. The van der Waals surface area contributed by atoms with E-state index in [4.69, 9.17) is 9.40 Å². The number of hydrogen-bond donors (Lipinski definition) is 0. The van der Waals surface area contributed by atoms with Crippen molar-refractivity contribution in [3.63, 3.8) is 0 Å². The summed E-state index contributed by atoms with van der Waals surface area (Å²) in [5.74, 6) is 0.914. The molecule has 0 saturated heterocycles. The average molecular weight is 395 g/mol. The van der Waals surface area contributed by atoms with Crippen molar-refractivity contribution in [3.8, 4) is 9.88 Å². The number of furan rings is 1. The molecule has 3 heterocycles. The molecule has 0 bridgehead atoms. The van der Waals surface area contributed by atoms with Crippen molar-refractivity contribution in [2.24, 2.45) is 0 Å². The maximum atomic E-state index is 13.3. The summed E-state index contributed by atoms with van der Waals surface area (Å²) in [5.41, 5.74) is 1.00. The predicted molar refractivity (Wildman–Crippen MR) is 109 cm³/mol. The van der Waals surface area contributed by atoms with Crippen LogP contribution in [0.1, 0.15) is 41.2 Å². The lowest BCUT2D eigenvalue weighted by Crippen LogP contribution is -2.34. The summed E-state index contributed by atoms with van der Waals surface area (Å²) in [5, 5.41) is 0.970. The molecule has 1 saturated carbocycles. The Bertz CT molecular complexity index is 1060. The van der Waals surface area contributed by atoms with E-state index in [9.17, 15) is 4.79 Å². The standard InChI is InChI=1S/C21H18N2O2S2/c1-13(16-6-4-12-25-16)23(14-8-9-14)21(24)19-11-10-18(26-19)20-22-15-5-2-3-7-17(15)27-20/h2-7,10-14H,8-9H2,1H3. The lowest BCUT2D eigenvalue weighted by molar-refractivity contribution is 0.0658. The first-order valence-electron chi connectivity index (χ1n) is 9.02. The molecule has 0 N–H and O–H groups in total. The van der Waals surface area contributed by atoms with Gasteiger partial charge in [0.25, 0.3) is 5.91 Å². The fraction of sp³-hybridized carbons (Fsp3) is 0.238. The van der Waals surface area contributed by atoms with Crippen LogP contribution in [0.5, 0.6) is 0 Å². The van der Waals surface area contributed by atoms with Gasteiger partial charge in [0.2, 0.25) is 0 Å². The number of hydrogen-bond acceptors (Lipinski definition) is 5. The third kappa shape index (κ3) is 3.09. The predicted octanol–water partition coefficient (Wildman–Crippen LogP) is 5.98. The zero-order valence-electron chi connectivity index (χ0n) is 14.8. The van der Waals surface area contributed by atoms with Gasteiger partial charge in [-0.1, -0.05) is 12.1 Å². The zero-order valence-corrected chi connectivity index (χ0v) is 16.4. The fourth-order valence-electron chi connectivity index (χ4n) is 3.35. The number of nitrogens with zero attached hydrogens (tertiary/aromatic N) is 2. The normalized spacial score (nSPS) is 15.1. The number of fused-ring (bicyclic) bond motifs is 1. The number of amides is 1. The van der Waals surface area contributed by atoms with Crippen molar-refractivity contribution in [1.82, 2.24) is 9.88 Å². The second-order valence-electron chi connectivity index (χ2n) is 6.79. The summed E-state index contributed by atoms with van der Waals surface area (Å²) in [6, 6.07) is 16.1. The molecule has 6 heteroatoms. The van der Waals surface area contributed by atoms with Gasteiger partial charge in [-0.25, -0.2) is 4.98 Å².